The van der Waals surface area contributed by atoms with E-state index in [4.69, 9.17) is 0 Å². The fraction of sp³-hybridized carbons (Fsp3) is 1.00. The third-order valence-electron chi connectivity index (χ3n) is 4.73. The highest BCUT2D eigenvalue weighted by Crippen LogP contribution is 2.51. The smallest absolute Gasteiger partial charge is 0.00104 e. The van der Waals surface area contributed by atoms with Gasteiger partial charge >= 0.3 is 0 Å². The van der Waals surface area contributed by atoms with Crippen molar-refractivity contribution in [3.8, 4) is 0 Å². The first-order chi connectivity index (χ1) is 8.06. The predicted octanol–water partition coefficient (Wildman–Crippen LogP) is 2.64. The van der Waals surface area contributed by atoms with E-state index in [0.717, 1.165) is 23.7 Å². The van der Waals surface area contributed by atoms with Crippen molar-refractivity contribution >= 4 is 0 Å². The lowest BCUT2D eigenvalue weighted by molar-refractivity contribution is 0.239. The van der Waals surface area contributed by atoms with E-state index >= 15 is 0 Å². The molecule has 2 heteroatoms. The maximum atomic E-state index is 3.62. The third-order valence-corrected chi connectivity index (χ3v) is 4.73. The minimum absolute atomic E-state index is 0.646. The van der Waals surface area contributed by atoms with Gasteiger partial charge in [-0.1, -0.05) is 27.7 Å². The molecule has 2 rings (SSSR count). The molecule has 0 aliphatic heterocycles. The first-order valence-corrected chi connectivity index (χ1v) is 7.53. The zero-order valence-corrected chi connectivity index (χ0v) is 12.0. The Labute approximate surface area is 107 Å². The van der Waals surface area contributed by atoms with Crippen LogP contribution < -0.4 is 10.6 Å². The second-order valence-corrected chi connectivity index (χ2v) is 6.87. The Kier molecular flexibility index (Phi) is 4.48. The zero-order valence-electron chi connectivity index (χ0n) is 12.0. The van der Waals surface area contributed by atoms with Crippen LogP contribution in [0.3, 0.4) is 0 Å². The van der Waals surface area contributed by atoms with Gasteiger partial charge in [0.15, 0.2) is 0 Å². The molecule has 0 heterocycles. The Bertz CT molecular complexity index is 213. The standard InChI is InChI=1S/C15H30N2/c1-10(2)16-8-14-6-13-5-12(14)7-15(13)9-17-11(3)4/h10-17H,5-9H2,1-4H3. The van der Waals surface area contributed by atoms with Gasteiger partial charge in [0.05, 0.1) is 0 Å². The monoisotopic (exact) mass is 238 g/mol. The summed E-state index contributed by atoms with van der Waals surface area (Å²) in [5, 5.41) is 7.24. The average molecular weight is 238 g/mol. The molecule has 0 radical (unpaired) electrons. The highest BCUT2D eigenvalue weighted by Gasteiger charge is 2.44. The van der Waals surface area contributed by atoms with Gasteiger partial charge in [0.25, 0.3) is 0 Å². The van der Waals surface area contributed by atoms with Crippen LogP contribution in [0.15, 0.2) is 0 Å². The predicted molar refractivity (Wildman–Crippen MR) is 74.1 cm³/mol. The van der Waals surface area contributed by atoms with Crippen molar-refractivity contribution in [2.24, 2.45) is 23.7 Å². The van der Waals surface area contributed by atoms with Gasteiger partial charge in [-0.3, -0.25) is 0 Å². The fourth-order valence-corrected chi connectivity index (χ4v) is 3.79. The third kappa shape index (κ3) is 3.45. The molecule has 2 fully saturated rings. The van der Waals surface area contributed by atoms with Gasteiger partial charge in [0.1, 0.15) is 0 Å². The summed E-state index contributed by atoms with van der Waals surface area (Å²) in [5.41, 5.74) is 0. The SMILES string of the molecule is CC(C)NCC1CC2CC1CC2CNC(C)C. The maximum Gasteiger partial charge on any atom is 0.00104 e. The van der Waals surface area contributed by atoms with Crippen LogP contribution in [0, 0.1) is 23.7 Å². The minimum Gasteiger partial charge on any atom is -0.314 e. The van der Waals surface area contributed by atoms with Gasteiger partial charge in [-0.2, -0.15) is 0 Å². The van der Waals surface area contributed by atoms with Crippen LogP contribution in [0.25, 0.3) is 0 Å². The molecule has 0 saturated heterocycles. The van der Waals surface area contributed by atoms with Crippen LogP contribution in [-0.4, -0.2) is 25.2 Å². The van der Waals surface area contributed by atoms with E-state index in [9.17, 15) is 0 Å². The molecule has 2 bridgehead atoms. The molecule has 4 atom stereocenters. The molecule has 0 aromatic rings. The summed E-state index contributed by atoms with van der Waals surface area (Å²) < 4.78 is 0. The molecule has 0 amide bonds. The molecule has 4 unspecified atom stereocenters. The van der Waals surface area contributed by atoms with Gasteiger partial charge in [0, 0.05) is 12.1 Å². The molecule has 2 aliphatic carbocycles. The van der Waals surface area contributed by atoms with Crippen molar-refractivity contribution in [2.45, 2.75) is 59.0 Å². The van der Waals surface area contributed by atoms with Crippen LogP contribution >= 0.6 is 0 Å². The first-order valence-electron chi connectivity index (χ1n) is 7.53. The quantitative estimate of drug-likeness (QED) is 0.743. The topological polar surface area (TPSA) is 24.1 Å². The Morgan fingerprint density at radius 2 is 1.18 bits per heavy atom. The Morgan fingerprint density at radius 3 is 1.47 bits per heavy atom. The number of fused-ring (bicyclic) bond motifs is 2. The Morgan fingerprint density at radius 1 is 0.765 bits per heavy atom. The molecular formula is C15H30N2. The molecule has 0 aromatic heterocycles. The van der Waals surface area contributed by atoms with E-state index < -0.39 is 0 Å². The number of hydrogen-bond donors (Lipinski definition) is 2. The first kappa shape index (κ1) is 13.4. The molecule has 2 saturated carbocycles. The summed E-state index contributed by atoms with van der Waals surface area (Å²) in [6, 6.07) is 1.29. The second-order valence-electron chi connectivity index (χ2n) is 6.87. The van der Waals surface area contributed by atoms with E-state index in [2.05, 4.69) is 38.3 Å². The van der Waals surface area contributed by atoms with Crippen LogP contribution in [0.4, 0.5) is 0 Å². The van der Waals surface area contributed by atoms with Crippen LogP contribution in [0.1, 0.15) is 47.0 Å². The summed E-state index contributed by atoms with van der Waals surface area (Å²) in [4.78, 5) is 0. The van der Waals surface area contributed by atoms with E-state index in [1.165, 1.54) is 32.4 Å². The van der Waals surface area contributed by atoms with Crippen LogP contribution in [0.5, 0.6) is 0 Å². The lowest BCUT2D eigenvalue weighted by Gasteiger charge is -2.29. The fourth-order valence-electron chi connectivity index (χ4n) is 3.79. The molecule has 100 valence electrons. The summed E-state index contributed by atoms with van der Waals surface area (Å²) in [6.07, 6.45) is 4.47. The zero-order chi connectivity index (χ0) is 12.4. The highest BCUT2D eigenvalue weighted by atomic mass is 14.9. The highest BCUT2D eigenvalue weighted by molar-refractivity contribution is 4.96. The summed E-state index contributed by atoms with van der Waals surface area (Å²) in [5.74, 6) is 3.98. The van der Waals surface area contributed by atoms with Gasteiger partial charge in [0.2, 0.25) is 0 Å². The average Bonchev–Trinajstić information content (AvgIpc) is 2.82. The van der Waals surface area contributed by atoms with Crippen molar-refractivity contribution < 1.29 is 0 Å². The van der Waals surface area contributed by atoms with Crippen molar-refractivity contribution in [3.63, 3.8) is 0 Å². The van der Waals surface area contributed by atoms with Gasteiger partial charge in [-0.15, -0.1) is 0 Å². The number of nitrogens with one attached hydrogen (secondary N) is 2. The second kappa shape index (κ2) is 5.71. The Balaban J connectivity index is 1.72. The minimum atomic E-state index is 0.646. The molecule has 17 heavy (non-hydrogen) atoms. The van der Waals surface area contributed by atoms with E-state index in [0.29, 0.717) is 12.1 Å². The largest absolute Gasteiger partial charge is 0.314 e. The normalized spacial score (nSPS) is 36.4. The maximum absolute atomic E-state index is 3.62. The molecule has 2 nitrogen and oxygen atoms in total. The lowest BCUT2D eigenvalue weighted by atomic mass is 9.82. The van der Waals surface area contributed by atoms with Crippen molar-refractivity contribution in [1.29, 1.82) is 0 Å². The molecule has 0 spiro atoms. The molecule has 0 aromatic carbocycles. The summed E-state index contributed by atoms with van der Waals surface area (Å²) >= 11 is 0. The molecule has 2 N–H and O–H groups in total. The van der Waals surface area contributed by atoms with E-state index in [1.54, 1.807) is 0 Å². The van der Waals surface area contributed by atoms with Gasteiger partial charge in [-0.05, 0) is 56.0 Å². The van der Waals surface area contributed by atoms with E-state index in [-0.39, 0.29) is 0 Å². The van der Waals surface area contributed by atoms with E-state index in [1.807, 2.05) is 0 Å². The lowest BCUT2D eigenvalue weighted by Crippen LogP contribution is -2.35. The number of rotatable bonds is 6. The summed E-state index contributed by atoms with van der Waals surface area (Å²) in [7, 11) is 0. The molecule has 2 aliphatic rings. The van der Waals surface area contributed by atoms with Crippen molar-refractivity contribution in [3.05, 3.63) is 0 Å². The van der Waals surface area contributed by atoms with Gasteiger partial charge in [-0.25, -0.2) is 0 Å². The summed E-state index contributed by atoms with van der Waals surface area (Å²) in [6.45, 7) is 11.5. The number of hydrogen-bond acceptors (Lipinski definition) is 2. The van der Waals surface area contributed by atoms with Crippen LogP contribution in [0.2, 0.25) is 0 Å². The Hall–Kier alpha value is -0.0800. The van der Waals surface area contributed by atoms with Gasteiger partial charge < -0.3 is 10.6 Å². The molecular weight excluding hydrogens is 208 g/mol. The van der Waals surface area contributed by atoms with Crippen LogP contribution in [-0.2, 0) is 0 Å². The van der Waals surface area contributed by atoms with Crippen molar-refractivity contribution in [1.82, 2.24) is 10.6 Å². The van der Waals surface area contributed by atoms with Crippen molar-refractivity contribution in [2.75, 3.05) is 13.1 Å².